The Morgan fingerprint density at radius 2 is 1.97 bits per heavy atom. The van der Waals surface area contributed by atoms with Crippen LogP contribution in [0.1, 0.15) is 61.1 Å². The zero-order chi connectivity index (χ0) is 23.0. The van der Waals surface area contributed by atoms with Gasteiger partial charge in [-0.2, -0.15) is 0 Å². The third-order valence-electron chi connectivity index (χ3n) is 6.28. The minimum atomic E-state index is -1.05. The van der Waals surface area contributed by atoms with E-state index in [9.17, 15) is 14.7 Å². The number of hydrogen-bond donors (Lipinski definition) is 2. The van der Waals surface area contributed by atoms with E-state index >= 15 is 0 Å². The van der Waals surface area contributed by atoms with E-state index < -0.39 is 5.97 Å². The Labute approximate surface area is 187 Å². The molecule has 7 heteroatoms. The molecular formula is C25H29N3O4. The Hall–Kier alpha value is -3.35. The van der Waals surface area contributed by atoms with Crippen molar-refractivity contribution in [2.45, 2.75) is 46.6 Å². The van der Waals surface area contributed by atoms with Crippen LogP contribution in [0.4, 0.5) is 11.7 Å². The van der Waals surface area contributed by atoms with E-state index in [0.29, 0.717) is 22.3 Å². The summed E-state index contributed by atoms with van der Waals surface area (Å²) in [4.78, 5) is 30.9. The lowest BCUT2D eigenvalue weighted by molar-refractivity contribution is 0.0697. The first-order chi connectivity index (χ1) is 15.1. The van der Waals surface area contributed by atoms with Crippen molar-refractivity contribution in [1.29, 1.82) is 0 Å². The van der Waals surface area contributed by atoms with Crippen LogP contribution in [0, 0.1) is 12.3 Å². The molecule has 2 N–H and O–H groups in total. The summed E-state index contributed by atoms with van der Waals surface area (Å²) in [5.74, 6) is -0.193. The van der Waals surface area contributed by atoms with E-state index in [1.54, 1.807) is 18.3 Å². The van der Waals surface area contributed by atoms with Crippen molar-refractivity contribution < 1.29 is 14.3 Å². The van der Waals surface area contributed by atoms with Gasteiger partial charge in [0.15, 0.2) is 11.3 Å². The normalized spacial score (nSPS) is 16.7. The van der Waals surface area contributed by atoms with Crippen molar-refractivity contribution in [3.8, 4) is 0 Å². The lowest BCUT2D eigenvalue weighted by atomic mass is 9.83. The Balaban J connectivity index is 1.75. The molecule has 1 aliphatic rings. The van der Waals surface area contributed by atoms with Crippen molar-refractivity contribution in [1.82, 2.24) is 4.98 Å². The van der Waals surface area contributed by atoms with Crippen molar-refractivity contribution in [2.24, 2.45) is 5.41 Å². The summed E-state index contributed by atoms with van der Waals surface area (Å²) >= 11 is 0. The lowest BCUT2D eigenvalue weighted by Gasteiger charge is -2.37. The topological polar surface area (TPSA) is 95.7 Å². The van der Waals surface area contributed by atoms with Crippen LogP contribution >= 0.6 is 0 Å². The number of rotatable bonds is 5. The second-order valence-electron chi connectivity index (χ2n) is 9.40. The zero-order valence-corrected chi connectivity index (χ0v) is 18.9. The minimum Gasteiger partial charge on any atom is -0.478 e. The summed E-state index contributed by atoms with van der Waals surface area (Å²) in [6, 6.07) is 8.16. The number of anilines is 2. The highest BCUT2D eigenvalue weighted by atomic mass is 16.4. The van der Waals surface area contributed by atoms with E-state index in [1.165, 1.54) is 6.07 Å². The molecule has 4 rings (SSSR count). The molecule has 2 aromatic heterocycles. The van der Waals surface area contributed by atoms with Crippen LogP contribution in [0.3, 0.4) is 0 Å². The maximum absolute atomic E-state index is 13.0. The molecule has 3 heterocycles. The molecule has 32 heavy (non-hydrogen) atoms. The van der Waals surface area contributed by atoms with Crippen LogP contribution in [0.2, 0.25) is 0 Å². The maximum Gasteiger partial charge on any atom is 0.339 e. The largest absolute Gasteiger partial charge is 0.478 e. The van der Waals surface area contributed by atoms with Gasteiger partial charge in [-0.1, -0.05) is 19.9 Å². The average Bonchev–Trinajstić information content (AvgIpc) is 2.74. The summed E-state index contributed by atoms with van der Waals surface area (Å²) < 4.78 is 6.32. The Bertz CT molecular complexity index is 1220. The molecule has 168 valence electrons. The number of fused-ring (bicyclic) bond motifs is 1. The summed E-state index contributed by atoms with van der Waals surface area (Å²) in [7, 11) is 0. The molecule has 0 spiro atoms. The fourth-order valence-electron chi connectivity index (χ4n) is 4.21. The molecule has 0 bridgehead atoms. The Morgan fingerprint density at radius 3 is 2.66 bits per heavy atom. The minimum absolute atomic E-state index is 0.0766. The van der Waals surface area contributed by atoms with Gasteiger partial charge in [0.05, 0.1) is 11.4 Å². The highest BCUT2D eigenvalue weighted by Gasteiger charge is 2.27. The standard InChI is InChI=1S/C25H29N3O4/c1-15-12-18(16(2)27-23-17(24(30)31)6-5-9-26-23)22-19(13-15)20(29)14-21(32-22)28-10-7-25(3,4)8-11-28/h5-6,9,12-14,16H,7-8,10-11H2,1-4H3,(H,26,27)(H,30,31)/t16-/m1/s1. The number of carbonyl (C=O) groups is 1. The molecule has 1 aliphatic heterocycles. The first kappa shape index (κ1) is 21.9. The Kier molecular flexibility index (Phi) is 5.67. The number of piperidine rings is 1. The first-order valence-corrected chi connectivity index (χ1v) is 10.9. The molecule has 1 aromatic carbocycles. The average molecular weight is 436 g/mol. The van der Waals surface area contributed by atoms with Gasteiger partial charge in [0.1, 0.15) is 17.0 Å². The monoisotopic (exact) mass is 435 g/mol. The molecule has 0 saturated carbocycles. The van der Waals surface area contributed by atoms with Crippen molar-refractivity contribution in [3.05, 3.63) is 63.4 Å². The molecule has 0 unspecified atom stereocenters. The number of benzene rings is 1. The predicted octanol–water partition coefficient (Wildman–Crippen LogP) is 4.99. The van der Waals surface area contributed by atoms with E-state index in [4.69, 9.17) is 4.42 Å². The number of aryl methyl sites for hydroxylation is 1. The fourth-order valence-corrected chi connectivity index (χ4v) is 4.21. The lowest BCUT2D eigenvalue weighted by Crippen LogP contribution is -2.37. The van der Waals surface area contributed by atoms with Gasteiger partial charge in [0, 0.05) is 30.9 Å². The zero-order valence-electron chi connectivity index (χ0n) is 18.9. The van der Waals surface area contributed by atoms with Gasteiger partial charge in [0.25, 0.3) is 0 Å². The van der Waals surface area contributed by atoms with Gasteiger partial charge in [-0.15, -0.1) is 0 Å². The third kappa shape index (κ3) is 4.33. The Morgan fingerprint density at radius 1 is 1.25 bits per heavy atom. The maximum atomic E-state index is 13.0. The van der Waals surface area contributed by atoms with Crippen LogP contribution in [-0.2, 0) is 0 Å². The SMILES string of the molecule is Cc1cc([C@@H](C)Nc2ncccc2C(=O)O)c2oc(N3CCC(C)(C)CC3)cc(=O)c2c1. The summed E-state index contributed by atoms with van der Waals surface area (Å²) in [5, 5.41) is 13.2. The summed E-state index contributed by atoms with van der Waals surface area (Å²) in [6.07, 6.45) is 3.61. The fraction of sp³-hybridized carbons (Fsp3) is 0.400. The predicted molar refractivity (Wildman–Crippen MR) is 126 cm³/mol. The number of pyridine rings is 1. The van der Waals surface area contributed by atoms with Crippen LogP contribution < -0.4 is 15.6 Å². The second-order valence-corrected chi connectivity index (χ2v) is 9.40. The number of carboxylic acid groups (broad SMARTS) is 1. The highest BCUT2D eigenvalue weighted by molar-refractivity contribution is 5.93. The van der Waals surface area contributed by atoms with Crippen LogP contribution in [0.15, 0.2) is 45.7 Å². The molecule has 0 radical (unpaired) electrons. The smallest absolute Gasteiger partial charge is 0.339 e. The van der Waals surface area contributed by atoms with E-state index in [-0.39, 0.29) is 22.9 Å². The molecular weight excluding hydrogens is 406 g/mol. The van der Waals surface area contributed by atoms with Gasteiger partial charge in [-0.3, -0.25) is 4.79 Å². The quantitative estimate of drug-likeness (QED) is 0.582. The number of aromatic nitrogens is 1. The van der Waals surface area contributed by atoms with Crippen LogP contribution in [0.25, 0.3) is 11.0 Å². The second kappa shape index (κ2) is 8.30. The van der Waals surface area contributed by atoms with Gasteiger partial charge in [-0.05, 0) is 55.9 Å². The number of carboxylic acids is 1. The summed E-state index contributed by atoms with van der Waals surface area (Å²) in [6.45, 7) is 10.0. The molecule has 1 fully saturated rings. The molecule has 1 saturated heterocycles. The van der Waals surface area contributed by atoms with Gasteiger partial charge in [0.2, 0.25) is 0 Å². The number of nitrogens with zero attached hydrogens (tertiary/aromatic N) is 2. The van der Waals surface area contributed by atoms with Crippen molar-refractivity contribution in [3.63, 3.8) is 0 Å². The highest BCUT2D eigenvalue weighted by Crippen LogP contribution is 2.34. The number of hydrogen-bond acceptors (Lipinski definition) is 6. The summed E-state index contributed by atoms with van der Waals surface area (Å²) in [5.41, 5.74) is 2.55. The molecule has 3 aromatic rings. The molecule has 0 amide bonds. The van der Waals surface area contributed by atoms with Crippen LogP contribution in [0.5, 0.6) is 0 Å². The van der Waals surface area contributed by atoms with Crippen LogP contribution in [-0.4, -0.2) is 29.1 Å². The first-order valence-electron chi connectivity index (χ1n) is 10.9. The van der Waals surface area contributed by atoms with E-state index in [2.05, 4.69) is 29.0 Å². The van der Waals surface area contributed by atoms with E-state index in [1.807, 2.05) is 26.0 Å². The van der Waals surface area contributed by atoms with E-state index in [0.717, 1.165) is 37.1 Å². The van der Waals surface area contributed by atoms with Crippen molar-refractivity contribution >= 4 is 28.6 Å². The molecule has 1 atom stereocenters. The number of nitrogens with one attached hydrogen (secondary N) is 1. The molecule has 0 aliphatic carbocycles. The van der Waals surface area contributed by atoms with Gasteiger partial charge >= 0.3 is 5.97 Å². The third-order valence-corrected chi connectivity index (χ3v) is 6.28. The van der Waals surface area contributed by atoms with Gasteiger partial charge < -0.3 is 19.7 Å². The molecule has 7 nitrogen and oxygen atoms in total. The van der Waals surface area contributed by atoms with Crippen molar-refractivity contribution in [2.75, 3.05) is 23.3 Å². The number of aromatic carboxylic acids is 1. The van der Waals surface area contributed by atoms with Gasteiger partial charge in [-0.25, -0.2) is 9.78 Å².